The van der Waals surface area contributed by atoms with Crippen molar-refractivity contribution in [1.29, 1.82) is 0 Å². The Morgan fingerprint density at radius 3 is 2.50 bits per heavy atom. The van der Waals surface area contributed by atoms with Crippen molar-refractivity contribution >= 4 is 24.2 Å². The van der Waals surface area contributed by atoms with Gasteiger partial charge in [-0.15, -0.1) is 12.4 Å². The molecule has 2 rings (SSSR count). The first-order chi connectivity index (χ1) is 10.1. The van der Waals surface area contributed by atoms with Crippen LogP contribution in [0.2, 0.25) is 0 Å². The first-order valence-corrected chi connectivity index (χ1v) is 8.35. The summed E-state index contributed by atoms with van der Waals surface area (Å²) in [5.74, 6) is 0.472. The van der Waals surface area contributed by atoms with Crippen LogP contribution in [-0.4, -0.2) is 48.9 Å². The molecular weight excluding hydrogens is 302 g/mol. The highest BCUT2D eigenvalue weighted by atomic mass is 35.5. The lowest BCUT2D eigenvalue weighted by Crippen LogP contribution is -2.48. The summed E-state index contributed by atoms with van der Waals surface area (Å²) in [5, 5.41) is 6.26. The number of hydrogen-bond donors (Lipinski definition) is 2. The second-order valence-electron chi connectivity index (χ2n) is 6.56. The predicted octanol–water partition coefficient (Wildman–Crippen LogP) is 1.70. The number of piperidine rings is 1. The van der Waals surface area contributed by atoms with E-state index in [4.69, 9.17) is 0 Å². The van der Waals surface area contributed by atoms with Crippen molar-refractivity contribution < 1.29 is 9.59 Å². The van der Waals surface area contributed by atoms with E-state index in [0.29, 0.717) is 12.5 Å². The number of carbonyl (C=O) groups is 2. The van der Waals surface area contributed by atoms with Crippen LogP contribution < -0.4 is 10.6 Å². The van der Waals surface area contributed by atoms with Crippen molar-refractivity contribution in [3.05, 3.63) is 0 Å². The van der Waals surface area contributed by atoms with Gasteiger partial charge in [0.2, 0.25) is 11.8 Å². The van der Waals surface area contributed by atoms with E-state index in [0.717, 1.165) is 51.6 Å². The molecule has 1 saturated carbocycles. The van der Waals surface area contributed by atoms with Crippen LogP contribution in [0.15, 0.2) is 0 Å². The molecule has 2 amide bonds. The van der Waals surface area contributed by atoms with Crippen molar-refractivity contribution in [2.75, 3.05) is 20.1 Å². The maximum atomic E-state index is 12.3. The van der Waals surface area contributed by atoms with E-state index in [2.05, 4.69) is 10.6 Å². The van der Waals surface area contributed by atoms with Crippen molar-refractivity contribution in [2.24, 2.45) is 5.92 Å². The van der Waals surface area contributed by atoms with Gasteiger partial charge in [0.25, 0.3) is 0 Å². The molecule has 1 heterocycles. The molecule has 2 aliphatic rings. The SMILES string of the molecule is CNC1CCCN(C(=O)CC(C)NC(=O)C2CCCC2)C1.Cl. The molecule has 6 heteroatoms. The second kappa shape index (κ2) is 9.36. The third-order valence-corrected chi connectivity index (χ3v) is 4.78. The van der Waals surface area contributed by atoms with Crippen LogP contribution in [0.5, 0.6) is 0 Å². The number of halogens is 1. The number of rotatable bonds is 5. The highest BCUT2D eigenvalue weighted by Gasteiger charge is 2.26. The van der Waals surface area contributed by atoms with Gasteiger partial charge in [0.1, 0.15) is 0 Å². The molecule has 2 fully saturated rings. The Morgan fingerprint density at radius 1 is 1.18 bits per heavy atom. The summed E-state index contributed by atoms with van der Waals surface area (Å²) < 4.78 is 0. The average Bonchev–Trinajstić information content (AvgIpc) is 3.01. The van der Waals surface area contributed by atoms with Crippen LogP contribution in [0.4, 0.5) is 0 Å². The van der Waals surface area contributed by atoms with Gasteiger partial charge in [-0.05, 0) is 39.7 Å². The summed E-state index contributed by atoms with van der Waals surface area (Å²) >= 11 is 0. The molecule has 1 saturated heterocycles. The summed E-state index contributed by atoms with van der Waals surface area (Å²) in [6.45, 7) is 3.57. The van der Waals surface area contributed by atoms with Gasteiger partial charge >= 0.3 is 0 Å². The first-order valence-electron chi connectivity index (χ1n) is 8.35. The van der Waals surface area contributed by atoms with Crippen LogP contribution in [0.1, 0.15) is 51.9 Å². The van der Waals surface area contributed by atoms with E-state index in [9.17, 15) is 9.59 Å². The Hall–Kier alpha value is -0.810. The topological polar surface area (TPSA) is 61.4 Å². The lowest BCUT2D eigenvalue weighted by Gasteiger charge is -2.33. The monoisotopic (exact) mass is 331 g/mol. The normalized spacial score (nSPS) is 23.7. The fourth-order valence-electron chi connectivity index (χ4n) is 3.43. The number of amides is 2. The Morgan fingerprint density at radius 2 is 1.86 bits per heavy atom. The second-order valence-corrected chi connectivity index (χ2v) is 6.56. The molecule has 2 unspecified atom stereocenters. The minimum atomic E-state index is -0.0689. The maximum Gasteiger partial charge on any atom is 0.224 e. The van der Waals surface area contributed by atoms with Gasteiger partial charge in [-0.3, -0.25) is 9.59 Å². The van der Waals surface area contributed by atoms with Crippen molar-refractivity contribution in [3.8, 4) is 0 Å². The molecule has 0 aromatic rings. The van der Waals surface area contributed by atoms with E-state index in [1.807, 2.05) is 18.9 Å². The van der Waals surface area contributed by atoms with Crippen LogP contribution in [0.3, 0.4) is 0 Å². The van der Waals surface area contributed by atoms with Crippen molar-refractivity contribution in [1.82, 2.24) is 15.5 Å². The molecule has 0 aromatic carbocycles. The minimum Gasteiger partial charge on any atom is -0.353 e. The first kappa shape index (κ1) is 19.2. The van der Waals surface area contributed by atoms with Crippen molar-refractivity contribution in [2.45, 2.75) is 64.0 Å². The third kappa shape index (κ3) is 5.43. The van der Waals surface area contributed by atoms with Crippen LogP contribution in [0, 0.1) is 5.92 Å². The average molecular weight is 332 g/mol. The summed E-state index contributed by atoms with van der Waals surface area (Å²) in [6, 6.07) is 0.339. The maximum absolute atomic E-state index is 12.3. The highest BCUT2D eigenvalue weighted by Crippen LogP contribution is 2.24. The zero-order valence-corrected chi connectivity index (χ0v) is 14.6. The van der Waals surface area contributed by atoms with E-state index in [1.165, 1.54) is 0 Å². The van der Waals surface area contributed by atoms with E-state index in [-0.39, 0.29) is 36.2 Å². The third-order valence-electron chi connectivity index (χ3n) is 4.78. The van der Waals surface area contributed by atoms with E-state index in [1.54, 1.807) is 0 Å². The molecule has 0 spiro atoms. The van der Waals surface area contributed by atoms with Gasteiger partial charge in [-0.25, -0.2) is 0 Å². The fourth-order valence-corrected chi connectivity index (χ4v) is 3.43. The number of likely N-dealkylation sites (N-methyl/N-ethyl adjacent to an activating group) is 1. The molecular formula is C16H30ClN3O2. The smallest absolute Gasteiger partial charge is 0.224 e. The summed E-state index contributed by atoms with van der Waals surface area (Å²) in [5.41, 5.74) is 0. The van der Waals surface area contributed by atoms with Crippen molar-refractivity contribution in [3.63, 3.8) is 0 Å². The summed E-state index contributed by atoms with van der Waals surface area (Å²) in [7, 11) is 1.95. The number of carbonyl (C=O) groups excluding carboxylic acids is 2. The number of hydrogen-bond acceptors (Lipinski definition) is 3. The predicted molar refractivity (Wildman–Crippen MR) is 90.1 cm³/mol. The lowest BCUT2D eigenvalue weighted by molar-refractivity contribution is -0.133. The lowest BCUT2D eigenvalue weighted by atomic mass is 10.0. The standard InChI is InChI=1S/C16H29N3O2.ClH/c1-12(18-16(21)13-6-3-4-7-13)10-15(20)19-9-5-8-14(11-19)17-2;/h12-14,17H,3-11H2,1-2H3,(H,18,21);1H. The Kier molecular flexibility index (Phi) is 8.18. The Labute approximate surface area is 140 Å². The highest BCUT2D eigenvalue weighted by molar-refractivity contribution is 5.85. The molecule has 22 heavy (non-hydrogen) atoms. The Balaban J connectivity index is 0.00000242. The Bertz CT molecular complexity index is 372. The van der Waals surface area contributed by atoms with Crippen LogP contribution in [0.25, 0.3) is 0 Å². The van der Waals surface area contributed by atoms with Crippen LogP contribution >= 0.6 is 12.4 Å². The number of likely N-dealkylation sites (tertiary alicyclic amines) is 1. The molecule has 5 nitrogen and oxygen atoms in total. The molecule has 1 aliphatic carbocycles. The number of nitrogens with one attached hydrogen (secondary N) is 2. The van der Waals surface area contributed by atoms with Gasteiger partial charge in [-0.1, -0.05) is 12.8 Å². The van der Waals surface area contributed by atoms with Gasteiger partial charge in [0.05, 0.1) is 0 Å². The molecule has 2 N–H and O–H groups in total. The largest absolute Gasteiger partial charge is 0.353 e. The molecule has 2 atom stereocenters. The van der Waals surface area contributed by atoms with E-state index < -0.39 is 0 Å². The molecule has 0 aromatic heterocycles. The van der Waals surface area contributed by atoms with Gasteiger partial charge in [0.15, 0.2) is 0 Å². The fraction of sp³-hybridized carbons (Fsp3) is 0.875. The molecule has 0 bridgehead atoms. The molecule has 1 aliphatic heterocycles. The summed E-state index contributed by atoms with van der Waals surface area (Å²) in [6.07, 6.45) is 6.92. The molecule has 0 radical (unpaired) electrons. The summed E-state index contributed by atoms with van der Waals surface area (Å²) in [4.78, 5) is 26.3. The van der Waals surface area contributed by atoms with Gasteiger partial charge < -0.3 is 15.5 Å². The quantitative estimate of drug-likeness (QED) is 0.806. The molecule has 128 valence electrons. The zero-order valence-electron chi connectivity index (χ0n) is 13.8. The van der Waals surface area contributed by atoms with E-state index >= 15 is 0 Å². The van der Waals surface area contributed by atoms with Crippen LogP contribution in [-0.2, 0) is 9.59 Å². The van der Waals surface area contributed by atoms with Gasteiger partial charge in [-0.2, -0.15) is 0 Å². The number of nitrogens with zero attached hydrogens (tertiary/aromatic N) is 1. The zero-order chi connectivity index (χ0) is 15.2. The van der Waals surface area contributed by atoms with Gasteiger partial charge in [0, 0.05) is 37.5 Å². The minimum absolute atomic E-state index is 0.